The summed E-state index contributed by atoms with van der Waals surface area (Å²) >= 11 is 0. The Morgan fingerprint density at radius 3 is 2.83 bits per heavy atom. The minimum Gasteiger partial charge on any atom is -0.384 e. The molecule has 2 unspecified atom stereocenters. The van der Waals surface area contributed by atoms with Crippen LogP contribution in [0.25, 0.3) is 0 Å². The first kappa shape index (κ1) is 15.2. The molecule has 18 heavy (non-hydrogen) atoms. The van der Waals surface area contributed by atoms with E-state index in [1.807, 2.05) is 10.9 Å². The van der Waals surface area contributed by atoms with Crippen LogP contribution in [-0.4, -0.2) is 30.0 Å². The first-order chi connectivity index (χ1) is 8.71. The number of rotatable bonds is 9. The van der Waals surface area contributed by atoms with Crippen LogP contribution in [0.3, 0.4) is 0 Å². The summed E-state index contributed by atoms with van der Waals surface area (Å²) in [5, 5.41) is 7.94. The summed E-state index contributed by atoms with van der Waals surface area (Å²) in [5.74, 6) is 0.550. The highest BCUT2D eigenvalue weighted by atomic mass is 16.5. The molecule has 4 nitrogen and oxygen atoms in total. The molecule has 0 bridgehead atoms. The van der Waals surface area contributed by atoms with Gasteiger partial charge in [0.15, 0.2) is 0 Å². The third-order valence-electron chi connectivity index (χ3n) is 3.05. The largest absolute Gasteiger partial charge is 0.384 e. The summed E-state index contributed by atoms with van der Waals surface area (Å²) in [6.07, 6.45) is 6.35. The molecule has 4 heteroatoms. The maximum Gasteiger partial charge on any atom is 0.0537 e. The van der Waals surface area contributed by atoms with Crippen molar-refractivity contribution in [2.45, 2.75) is 46.2 Å². The lowest BCUT2D eigenvalue weighted by atomic mass is 9.98. The number of aryl methyl sites for hydroxylation is 1. The van der Waals surface area contributed by atoms with Gasteiger partial charge in [0.1, 0.15) is 0 Å². The summed E-state index contributed by atoms with van der Waals surface area (Å²) in [7, 11) is 1.76. The van der Waals surface area contributed by atoms with Gasteiger partial charge < -0.3 is 10.1 Å². The van der Waals surface area contributed by atoms with Gasteiger partial charge in [-0.3, -0.25) is 4.68 Å². The van der Waals surface area contributed by atoms with E-state index < -0.39 is 0 Å². The summed E-state index contributed by atoms with van der Waals surface area (Å²) < 4.78 is 7.24. The third-order valence-corrected chi connectivity index (χ3v) is 3.05. The molecule has 0 aliphatic rings. The molecule has 1 N–H and O–H groups in total. The van der Waals surface area contributed by atoms with Crippen molar-refractivity contribution >= 4 is 0 Å². The van der Waals surface area contributed by atoms with Crippen molar-refractivity contribution in [3.05, 3.63) is 18.0 Å². The first-order valence-electron chi connectivity index (χ1n) is 6.95. The summed E-state index contributed by atoms with van der Waals surface area (Å²) in [6, 6.07) is 0.380. The molecule has 0 saturated carbocycles. The molecule has 0 amide bonds. The summed E-state index contributed by atoms with van der Waals surface area (Å²) in [6.45, 7) is 9.32. The smallest absolute Gasteiger partial charge is 0.0537 e. The molecule has 1 rings (SSSR count). The second-order valence-corrected chi connectivity index (χ2v) is 4.94. The average molecular weight is 253 g/mol. The second kappa shape index (κ2) is 8.27. The van der Waals surface area contributed by atoms with Gasteiger partial charge in [0.25, 0.3) is 0 Å². The van der Waals surface area contributed by atoms with E-state index in [1.165, 1.54) is 5.56 Å². The molecule has 1 aromatic heterocycles. The Balaban J connectivity index is 2.63. The Morgan fingerprint density at radius 2 is 2.22 bits per heavy atom. The fraction of sp³-hybridized carbons (Fsp3) is 0.786. The normalized spacial score (nSPS) is 14.7. The van der Waals surface area contributed by atoms with Crippen LogP contribution in [0.1, 0.15) is 45.2 Å². The van der Waals surface area contributed by atoms with Crippen LogP contribution in [0, 0.1) is 5.92 Å². The molecule has 0 spiro atoms. The Bertz CT molecular complexity index is 325. The average Bonchev–Trinajstić information content (AvgIpc) is 2.78. The predicted molar refractivity (Wildman–Crippen MR) is 74.6 cm³/mol. The number of nitrogens with one attached hydrogen (secondary N) is 1. The number of aromatic nitrogens is 2. The molecule has 0 aliphatic heterocycles. The number of hydrogen-bond acceptors (Lipinski definition) is 3. The molecule has 0 saturated heterocycles. The molecule has 0 radical (unpaired) electrons. The zero-order chi connectivity index (χ0) is 13.4. The van der Waals surface area contributed by atoms with E-state index in [0.717, 1.165) is 32.5 Å². The van der Waals surface area contributed by atoms with Crippen molar-refractivity contribution in [3.8, 4) is 0 Å². The zero-order valence-corrected chi connectivity index (χ0v) is 12.1. The standard InChI is InChI=1S/C14H27N3O/c1-5-7-17-10-13(9-16-17)14(15-6-2)8-12(3)11-18-4/h9-10,12,14-15H,5-8,11H2,1-4H3. The van der Waals surface area contributed by atoms with Crippen LogP contribution in [0.5, 0.6) is 0 Å². The van der Waals surface area contributed by atoms with Crippen LogP contribution in [0.15, 0.2) is 12.4 Å². The fourth-order valence-corrected chi connectivity index (χ4v) is 2.25. The van der Waals surface area contributed by atoms with Gasteiger partial charge in [0, 0.05) is 38.1 Å². The van der Waals surface area contributed by atoms with E-state index in [1.54, 1.807) is 7.11 Å². The van der Waals surface area contributed by atoms with Crippen molar-refractivity contribution in [2.24, 2.45) is 5.92 Å². The molecular formula is C14H27N3O. The van der Waals surface area contributed by atoms with Gasteiger partial charge in [-0.05, 0) is 25.3 Å². The van der Waals surface area contributed by atoms with Crippen molar-refractivity contribution in [1.29, 1.82) is 0 Å². The highest BCUT2D eigenvalue weighted by Gasteiger charge is 2.16. The Labute approximate surface area is 111 Å². The third kappa shape index (κ3) is 4.78. The van der Waals surface area contributed by atoms with Crippen LogP contribution in [-0.2, 0) is 11.3 Å². The highest BCUT2D eigenvalue weighted by Crippen LogP contribution is 2.21. The van der Waals surface area contributed by atoms with Crippen molar-refractivity contribution < 1.29 is 4.74 Å². The van der Waals surface area contributed by atoms with Gasteiger partial charge in [-0.25, -0.2) is 0 Å². The van der Waals surface area contributed by atoms with E-state index in [4.69, 9.17) is 4.74 Å². The second-order valence-electron chi connectivity index (χ2n) is 4.94. The minimum absolute atomic E-state index is 0.380. The molecule has 1 heterocycles. The molecule has 1 aromatic rings. The van der Waals surface area contributed by atoms with Gasteiger partial charge in [-0.15, -0.1) is 0 Å². The van der Waals surface area contributed by atoms with E-state index in [-0.39, 0.29) is 0 Å². The SMILES string of the molecule is CCCn1cc(C(CC(C)COC)NCC)cn1. The Morgan fingerprint density at radius 1 is 1.44 bits per heavy atom. The lowest BCUT2D eigenvalue weighted by molar-refractivity contribution is 0.149. The van der Waals surface area contributed by atoms with Crippen molar-refractivity contribution in [3.63, 3.8) is 0 Å². The van der Waals surface area contributed by atoms with Crippen LogP contribution >= 0.6 is 0 Å². The minimum atomic E-state index is 0.380. The van der Waals surface area contributed by atoms with E-state index in [9.17, 15) is 0 Å². The van der Waals surface area contributed by atoms with Crippen molar-refractivity contribution in [2.75, 3.05) is 20.3 Å². The fourth-order valence-electron chi connectivity index (χ4n) is 2.25. The summed E-state index contributed by atoms with van der Waals surface area (Å²) in [5.41, 5.74) is 1.29. The zero-order valence-electron chi connectivity index (χ0n) is 12.1. The Hall–Kier alpha value is -0.870. The quantitative estimate of drug-likeness (QED) is 0.735. The molecular weight excluding hydrogens is 226 g/mol. The molecule has 0 aliphatic carbocycles. The topological polar surface area (TPSA) is 39.1 Å². The maximum absolute atomic E-state index is 5.21. The van der Waals surface area contributed by atoms with Gasteiger partial charge in [-0.2, -0.15) is 5.10 Å². The maximum atomic E-state index is 5.21. The molecule has 0 aromatic carbocycles. The van der Waals surface area contributed by atoms with Crippen LogP contribution in [0.4, 0.5) is 0 Å². The van der Waals surface area contributed by atoms with E-state index >= 15 is 0 Å². The highest BCUT2D eigenvalue weighted by molar-refractivity contribution is 5.10. The van der Waals surface area contributed by atoms with Crippen LogP contribution < -0.4 is 5.32 Å². The van der Waals surface area contributed by atoms with Gasteiger partial charge in [-0.1, -0.05) is 20.8 Å². The summed E-state index contributed by atoms with van der Waals surface area (Å²) in [4.78, 5) is 0. The van der Waals surface area contributed by atoms with E-state index in [2.05, 4.69) is 37.4 Å². The first-order valence-corrected chi connectivity index (χ1v) is 6.95. The molecule has 2 atom stereocenters. The van der Waals surface area contributed by atoms with Gasteiger partial charge in [0.2, 0.25) is 0 Å². The van der Waals surface area contributed by atoms with E-state index in [0.29, 0.717) is 12.0 Å². The lowest BCUT2D eigenvalue weighted by Gasteiger charge is -2.20. The van der Waals surface area contributed by atoms with Gasteiger partial charge >= 0.3 is 0 Å². The number of ether oxygens (including phenoxy) is 1. The molecule has 104 valence electrons. The number of nitrogens with zero attached hydrogens (tertiary/aromatic N) is 2. The van der Waals surface area contributed by atoms with Crippen LogP contribution in [0.2, 0.25) is 0 Å². The monoisotopic (exact) mass is 253 g/mol. The number of hydrogen-bond donors (Lipinski definition) is 1. The predicted octanol–water partition coefficient (Wildman–Crippen LogP) is 2.62. The Kier molecular flexibility index (Phi) is 6.98. The molecule has 0 fully saturated rings. The van der Waals surface area contributed by atoms with Gasteiger partial charge in [0.05, 0.1) is 6.20 Å². The van der Waals surface area contributed by atoms with Crippen molar-refractivity contribution in [1.82, 2.24) is 15.1 Å². The number of methoxy groups -OCH3 is 1. The lowest BCUT2D eigenvalue weighted by Crippen LogP contribution is -2.23.